The average Bonchev–Trinajstić information content (AvgIpc) is 2.63. The van der Waals surface area contributed by atoms with Crippen molar-refractivity contribution in [1.82, 2.24) is 0 Å². The number of nitrogens with zero attached hydrogens (tertiary/aromatic N) is 1. The van der Waals surface area contributed by atoms with Crippen LogP contribution in [-0.2, 0) is 11.3 Å². The summed E-state index contributed by atoms with van der Waals surface area (Å²) in [6.07, 6.45) is 0. The first-order valence-electron chi connectivity index (χ1n) is 8.08. The van der Waals surface area contributed by atoms with Gasteiger partial charge in [-0.1, -0.05) is 59.6 Å². The summed E-state index contributed by atoms with van der Waals surface area (Å²) in [5, 5.41) is 1.12. The number of amides is 1. The summed E-state index contributed by atoms with van der Waals surface area (Å²) >= 11 is 12.4. The van der Waals surface area contributed by atoms with Crippen LogP contribution in [0.25, 0.3) is 0 Å². The van der Waals surface area contributed by atoms with E-state index in [1.807, 2.05) is 48.5 Å². The summed E-state index contributed by atoms with van der Waals surface area (Å²) in [6.45, 7) is 1.82. The van der Waals surface area contributed by atoms with Gasteiger partial charge in [-0.25, -0.2) is 0 Å². The number of hydrogen-bond acceptors (Lipinski definition) is 2. The molecule has 3 aromatic carbocycles. The highest BCUT2D eigenvalue weighted by Gasteiger charge is 2.19. The zero-order valence-corrected chi connectivity index (χ0v) is 15.7. The Hall–Kier alpha value is -2.49. The van der Waals surface area contributed by atoms with Crippen molar-refractivity contribution >= 4 is 34.8 Å². The van der Waals surface area contributed by atoms with Gasteiger partial charge in [0.25, 0.3) is 0 Å². The molecule has 0 aliphatic carbocycles. The zero-order chi connectivity index (χ0) is 18.5. The van der Waals surface area contributed by atoms with Crippen LogP contribution in [0.1, 0.15) is 12.5 Å². The fourth-order valence-corrected chi connectivity index (χ4v) is 2.93. The van der Waals surface area contributed by atoms with Gasteiger partial charge >= 0.3 is 0 Å². The SMILES string of the molecule is CC(=O)N(Cc1ccccc1Cl)c1cc(Cl)ccc1Oc1ccccc1. The number of carbonyl (C=O) groups excluding carboxylic acids is 1. The first kappa shape index (κ1) is 18.3. The van der Waals surface area contributed by atoms with E-state index in [-0.39, 0.29) is 5.91 Å². The van der Waals surface area contributed by atoms with Crippen molar-refractivity contribution in [1.29, 1.82) is 0 Å². The van der Waals surface area contributed by atoms with E-state index in [2.05, 4.69) is 0 Å². The molecule has 0 unspecified atom stereocenters. The molecule has 26 heavy (non-hydrogen) atoms. The lowest BCUT2D eigenvalue weighted by Crippen LogP contribution is -2.28. The standard InChI is InChI=1S/C21H17Cl2NO2/c1-15(25)24(14-16-7-5-6-10-19(16)23)20-13-17(22)11-12-21(20)26-18-8-3-2-4-9-18/h2-13H,14H2,1H3. The molecule has 0 saturated carbocycles. The molecule has 5 heteroatoms. The number of anilines is 1. The second-order valence-electron chi connectivity index (χ2n) is 5.72. The second-order valence-corrected chi connectivity index (χ2v) is 6.57. The number of carbonyl (C=O) groups is 1. The maximum atomic E-state index is 12.4. The van der Waals surface area contributed by atoms with Crippen LogP contribution >= 0.6 is 23.2 Å². The number of para-hydroxylation sites is 1. The number of ether oxygens (including phenoxy) is 1. The maximum Gasteiger partial charge on any atom is 0.224 e. The van der Waals surface area contributed by atoms with Gasteiger partial charge in [-0.05, 0) is 42.0 Å². The van der Waals surface area contributed by atoms with Crippen molar-refractivity contribution in [3.8, 4) is 11.5 Å². The van der Waals surface area contributed by atoms with Gasteiger partial charge in [0, 0.05) is 17.0 Å². The van der Waals surface area contributed by atoms with Gasteiger partial charge in [-0.15, -0.1) is 0 Å². The van der Waals surface area contributed by atoms with Crippen LogP contribution in [0.4, 0.5) is 5.69 Å². The van der Waals surface area contributed by atoms with Crippen molar-refractivity contribution in [3.05, 3.63) is 88.4 Å². The van der Waals surface area contributed by atoms with Crippen LogP contribution in [0.15, 0.2) is 72.8 Å². The number of rotatable bonds is 5. The molecule has 3 nitrogen and oxygen atoms in total. The van der Waals surface area contributed by atoms with E-state index in [1.54, 1.807) is 29.2 Å². The van der Waals surface area contributed by atoms with E-state index in [4.69, 9.17) is 27.9 Å². The molecule has 0 spiro atoms. The van der Waals surface area contributed by atoms with Gasteiger partial charge in [-0.2, -0.15) is 0 Å². The predicted octanol–water partition coefficient (Wildman–Crippen LogP) is 6.34. The molecule has 0 aliphatic rings. The first-order chi connectivity index (χ1) is 12.5. The summed E-state index contributed by atoms with van der Waals surface area (Å²) in [5.74, 6) is 1.09. The molecule has 0 aliphatic heterocycles. The van der Waals surface area contributed by atoms with Crippen LogP contribution in [-0.4, -0.2) is 5.91 Å². The van der Waals surface area contributed by atoms with E-state index in [0.717, 1.165) is 5.56 Å². The third-order valence-electron chi connectivity index (χ3n) is 3.85. The Morgan fingerprint density at radius 2 is 1.65 bits per heavy atom. The maximum absolute atomic E-state index is 12.4. The Kier molecular flexibility index (Phi) is 5.82. The molecule has 3 aromatic rings. The molecule has 0 heterocycles. The van der Waals surface area contributed by atoms with Crippen molar-refractivity contribution in [2.75, 3.05) is 4.90 Å². The van der Waals surface area contributed by atoms with E-state index >= 15 is 0 Å². The smallest absolute Gasteiger partial charge is 0.224 e. The minimum atomic E-state index is -0.134. The van der Waals surface area contributed by atoms with E-state index < -0.39 is 0 Å². The molecular weight excluding hydrogens is 369 g/mol. The highest BCUT2D eigenvalue weighted by molar-refractivity contribution is 6.31. The molecule has 1 amide bonds. The predicted molar refractivity (Wildman–Crippen MR) is 106 cm³/mol. The topological polar surface area (TPSA) is 29.5 Å². The number of benzene rings is 3. The molecule has 0 N–H and O–H groups in total. The second kappa shape index (κ2) is 8.26. The molecule has 0 atom stereocenters. The molecule has 0 bridgehead atoms. The van der Waals surface area contributed by atoms with E-state index in [1.165, 1.54) is 6.92 Å². The Morgan fingerprint density at radius 1 is 0.962 bits per heavy atom. The molecule has 3 rings (SSSR count). The molecule has 0 saturated heterocycles. The lowest BCUT2D eigenvalue weighted by Gasteiger charge is -2.24. The van der Waals surface area contributed by atoms with E-state index in [0.29, 0.717) is 33.8 Å². The summed E-state index contributed by atoms with van der Waals surface area (Å²) in [7, 11) is 0. The molecular formula is C21H17Cl2NO2. The summed E-state index contributed by atoms with van der Waals surface area (Å²) < 4.78 is 5.98. The highest BCUT2D eigenvalue weighted by Crippen LogP contribution is 2.36. The van der Waals surface area contributed by atoms with Crippen LogP contribution in [0, 0.1) is 0 Å². The van der Waals surface area contributed by atoms with Gasteiger partial charge in [0.05, 0.1) is 12.2 Å². The lowest BCUT2D eigenvalue weighted by molar-refractivity contribution is -0.116. The largest absolute Gasteiger partial charge is 0.455 e. The van der Waals surface area contributed by atoms with Gasteiger partial charge in [-0.3, -0.25) is 4.79 Å². The monoisotopic (exact) mass is 385 g/mol. The van der Waals surface area contributed by atoms with Crippen LogP contribution in [0.3, 0.4) is 0 Å². The zero-order valence-electron chi connectivity index (χ0n) is 14.2. The Labute approximate surface area is 162 Å². The lowest BCUT2D eigenvalue weighted by atomic mass is 10.2. The van der Waals surface area contributed by atoms with Crippen molar-refractivity contribution < 1.29 is 9.53 Å². The average molecular weight is 386 g/mol. The Morgan fingerprint density at radius 3 is 2.35 bits per heavy atom. The van der Waals surface area contributed by atoms with Crippen LogP contribution < -0.4 is 9.64 Å². The van der Waals surface area contributed by atoms with Crippen LogP contribution in [0.5, 0.6) is 11.5 Å². The van der Waals surface area contributed by atoms with Gasteiger partial charge in [0.1, 0.15) is 5.75 Å². The fourth-order valence-electron chi connectivity index (χ4n) is 2.57. The number of hydrogen-bond donors (Lipinski definition) is 0. The van der Waals surface area contributed by atoms with Crippen LogP contribution in [0.2, 0.25) is 10.0 Å². The first-order valence-corrected chi connectivity index (χ1v) is 8.84. The third kappa shape index (κ3) is 4.37. The van der Waals surface area contributed by atoms with E-state index in [9.17, 15) is 4.79 Å². The van der Waals surface area contributed by atoms with Crippen molar-refractivity contribution in [2.24, 2.45) is 0 Å². The molecule has 0 fully saturated rings. The Balaban J connectivity index is 1.99. The normalized spacial score (nSPS) is 10.4. The third-order valence-corrected chi connectivity index (χ3v) is 4.45. The van der Waals surface area contributed by atoms with Crippen molar-refractivity contribution in [2.45, 2.75) is 13.5 Å². The minimum absolute atomic E-state index is 0.134. The highest BCUT2D eigenvalue weighted by atomic mass is 35.5. The summed E-state index contributed by atoms with van der Waals surface area (Å²) in [4.78, 5) is 14.0. The Bertz CT molecular complexity index is 913. The summed E-state index contributed by atoms with van der Waals surface area (Å²) in [6, 6.07) is 22.0. The molecule has 132 valence electrons. The quantitative estimate of drug-likeness (QED) is 0.512. The van der Waals surface area contributed by atoms with Gasteiger partial charge < -0.3 is 9.64 Å². The summed E-state index contributed by atoms with van der Waals surface area (Å²) in [5.41, 5.74) is 1.43. The molecule has 0 aromatic heterocycles. The van der Waals surface area contributed by atoms with Gasteiger partial charge in [0.15, 0.2) is 5.75 Å². The van der Waals surface area contributed by atoms with Gasteiger partial charge in [0.2, 0.25) is 5.91 Å². The minimum Gasteiger partial charge on any atom is -0.455 e. The molecule has 0 radical (unpaired) electrons. The fraction of sp³-hybridized carbons (Fsp3) is 0.0952. The van der Waals surface area contributed by atoms with Crippen molar-refractivity contribution in [3.63, 3.8) is 0 Å². The number of halogens is 2.